The Balaban J connectivity index is 2.19. The smallest absolute Gasteiger partial charge is 0.122 e. The molecule has 2 aromatic rings. The Labute approximate surface area is 118 Å². The summed E-state index contributed by atoms with van der Waals surface area (Å²) in [5, 5.41) is 4.11. The van der Waals surface area contributed by atoms with Crippen molar-refractivity contribution in [3.63, 3.8) is 0 Å². The minimum absolute atomic E-state index is 0.623. The zero-order chi connectivity index (χ0) is 13.1. The maximum atomic E-state index is 5.98. The molecule has 0 atom stereocenters. The minimum Gasteiger partial charge on any atom is -0.301 e. The largest absolute Gasteiger partial charge is 0.301 e. The van der Waals surface area contributed by atoms with Gasteiger partial charge >= 0.3 is 0 Å². The van der Waals surface area contributed by atoms with E-state index in [1.165, 1.54) is 5.69 Å². The fourth-order valence-electron chi connectivity index (χ4n) is 1.97. The van der Waals surface area contributed by atoms with Crippen molar-refractivity contribution in [2.75, 3.05) is 0 Å². The van der Waals surface area contributed by atoms with Crippen molar-refractivity contribution in [3.05, 3.63) is 51.3 Å². The van der Waals surface area contributed by atoms with Crippen LogP contribution in [0.25, 0.3) is 0 Å². The lowest BCUT2D eigenvalue weighted by atomic mass is 10.1. The highest BCUT2D eigenvalue weighted by atomic mass is 35.5. The standard InChI is InChI=1S/C14H17ClN2S/c1-10(2)6-13-8-14(18)17(16-13)9-11-4-3-5-12(15)7-11/h3-5,7-8,10,16H,6,9H2,1-2H3. The third-order valence-corrected chi connectivity index (χ3v) is 3.27. The van der Waals surface area contributed by atoms with E-state index in [-0.39, 0.29) is 0 Å². The fourth-order valence-corrected chi connectivity index (χ4v) is 2.43. The molecule has 0 saturated heterocycles. The van der Waals surface area contributed by atoms with Gasteiger partial charge < -0.3 is 5.10 Å². The summed E-state index contributed by atoms with van der Waals surface area (Å²) in [4.78, 5) is 0. The molecule has 1 N–H and O–H groups in total. The molecule has 18 heavy (non-hydrogen) atoms. The number of nitrogens with one attached hydrogen (secondary N) is 1. The van der Waals surface area contributed by atoms with E-state index >= 15 is 0 Å². The number of benzene rings is 1. The number of aromatic amines is 1. The van der Waals surface area contributed by atoms with Gasteiger partial charge in [0.25, 0.3) is 0 Å². The summed E-state index contributed by atoms with van der Waals surface area (Å²) >= 11 is 11.3. The fraction of sp³-hybridized carbons (Fsp3) is 0.357. The maximum Gasteiger partial charge on any atom is 0.122 e. The van der Waals surface area contributed by atoms with Crippen molar-refractivity contribution in [2.45, 2.75) is 26.8 Å². The Kier molecular flexibility index (Phi) is 4.25. The van der Waals surface area contributed by atoms with Crippen LogP contribution in [0.5, 0.6) is 0 Å². The van der Waals surface area contributed by atoms with Crippen molar-refractivity contribution in [2.24, 2.45) is 5.92 Å². The van der Waals surface area contributed by atoms with Gasteiger partial charge in [-0.15, -0.1) is 0 Å². The second kappa shape index (κ2) is 5.72. The summed E-state index contributed by atoms with van der Waals surface area (Å²) in [5.74, 6) is 0.623. The van der Waals surface area contributed by atoms with Gasteiger partial charge in [0.2, 0.25) is 0 Å². The second-order valence-electron chi connectivity index (χ2n) is 4.93. The monoisotopic (exact) mass is 280 g/mol. The number of aromatic nitrogens is 2. The molecule has 0 spiro atoms. The van der Waals surface area contributed by atoms with E-state index in [1.54, 1.807) is 0 Å². The molecular weight excluding hydrogens is 264 g/mol. The molecule has 0 unspecified atom stereocenters. The molecule has 4 heteroatoms. The first-order chi connectivity index (χ1) is 8.54. The van der Waals surface area contributed by atoms with Crippen LogP contribution in [0.4, 0.5) is 0 Å². The average Bonchev–Trinajstić information content (AvgIpc) is 2.58. The van der Waals surface area contributed by atoms with Crippen LogP contribution in [0.2, 0.25) is 5.02 Å². The summed E-state index contributed by atoms with van der Waals surface area (Å²) in [5.41, 5.74) is 2.34. The highest BCUT2D eigenvalue weighted by Gasteiger charge is 2.04. The first-order valence-electron chi connectivity index (χ1n) is 6.08. The summed E-state index contributed by atoms with van der Waals surface area (Å²) in [6, 6.07) is 9.89. The van der Waals surface area contributed by atoms with E-state index in [0.29, 0.717) is 5.92 Å². The Bertz CT molecular complexity index is 583. The molecule has 0 aliphatic carbocycles. The molecule has 2 nitrogen and oxygen atoms in total. The number of halogens is 1. The number of hydrogen-bond acceptors (Lipinski definition) is 1. The highest BCUT2D eigenvalue weighted by Crippen LogP contribution is 2.13. The molecule has 1 aromatic carbocycles. The predicted molar refractivity (Wildman–Crippen MR) is 78.7 cm³/mol. The SMILES string of the molecule is CC(C)Cc1cc(=S)n(Cc2cccc(Cl)c2)[nH]1. The van der Waals surface area contributed by atoms with Gasteiger partial charge in [-0.1, -0.05) is 49.8 Å². The lowest BCUT2D eigenvalue weighted by Crippen LogP contribution is -2.03. The molecule has 0 fully saturated rings. The van der Waals surface area contributed by atoms with Crippen molar-refractivity contribution in [1.29, 1.82) is 0 Å². The van der Waals surface area contributed by atoms with E-state index in [9.17, 15) is 0 Å². The lowest BCUT2D eigenvalue weighted by molar-refractivity contribution is 0.606. The first-order valence-corrected chi connectivity index (χ1v) is 6.86. The highest BCUT2D eigenvalue weighted by molar-refractivity contribution is 7.71. The van der Waals surface area contributed by atoms with E-state index in [4.69, 9.17) is 23.8 Å². The molecule has 1 aromatic heterocycles. The van der Waals surface area contributed by atoms with E-state index in [2.05, 4.69) is 25.0 Å². The number of rotatable bonds is 4. The molecule has 0 amide bonds. The van der Waals surface area contributed by atoms with Gasteiger partial charge in [-0.05, 0) is 36.1 Å². The molecule has 0 bridgehead atoms. The Morgan fingerprint density at radius 3 is 2.78 bits per heavy atom. The molecule has 2 rings (SSSR count). The molecule has 0 aliphatic rings. The molecular formula is C14H17ClN2S. The van der Waals surface area contributed by atoms with Crippen molar-refractivity contribution < 1.29 is 0 Å². The summed E-state index contributed by atoms with van der Waals surface area (Å²) < 4.78 is 2.82. The van der Waals surface area contributed by atoms with Crippen LogP contribution in [-0.4, -0.2) is 9.78 Å². The molecule has 0 radical (unpaired) electrons. The second-order valence-corrected chi connectivity index (χ2v) is 5.79. The van der Waals surface area contributed by atoms with Gasteiger partial charge in [-0.25, -0.2) is 0 Å². The summed E-state index contributed by atoms with van der Waals surface area (Å²) in [7, 11) is 0. The molecule has 1 heterocycles. The van der Waals surface area contributed by atoms with E-state index in [0.717, 1.165) is 28.2 Å². The predicted octanol–water partition coefficient (Wildman–Crippen LogP) is 4.45. The van der Waals surface area contributed by atoms with Crippen LogP contribution in [-0.2, 0) is 13.0 Å². The van der Waals surface area contributed by atoms with E-state index in [1.807, 2.05) is 28.9 Å². The quantitative estimate of drug-likeness (QED) is 0.821. The van der Waals surface area contributed by atoms with Gasteiger partial charge in [-0.2, -0.15) is 0 Å². The summed E-state index contributed by atoms with van der Waals surface area (Å²) in [6.07, 6.45) is 1.02. The van der Waals surface area contributed by atoms with Crippen LogP contribution in [0.3, 0.4) is 0 Å². The van der Waals surface area contributed by atoms with Gasteiger partial charge in [0.15, 0.2) is 0 Å². The van der Waals surface area contributed by atoms with Crippen LogP contribution >= 0.6 is 23.8 Å². The van der Waals surface area contributed by atoms with E-state index < -0.39 is 0 Å². The van der Waals surface area contributed by atoms with Crippen LogP contribution < -0.4 is 0 Å². The Morgan fingerprint density at radius 2 is 2.11 bits per heavy atom. The number of H-pyrrole nitrogens is 1. The minimum atomic E-state index is 0.623. The van der Waals surface area contributed by atoms with Gasteiger partial charge in [0.05, 0.1) is 6.54 Å². The Hall–Kier alpha value is -1.06. The van der Waals surface area contributed by atoms with Crippen LogP contribution in [0.1, 0.15) is 25.1 Å². The number of hydrogen-bond donors (Lipinski definition) is 1. The number of nitrogens with zero attached hydrogens (tertiary/aromatic N) is 1. The average molecular weight is 281 g/mol. The molecule has 0 saturated carbocycles. The van der Waals surface area contributed by atoms with Gasteiger partial charge in [0, 0.05) is 10.7 Å². The zero-order valence-electron chi connectivity index (χ0n) is 10.6. The van der Waals surface area contributed by atoms with Crippen molar-refractivity contribution in [3.8, 4) is 0 Å². The van der Waals surface area contributed by atoms with Crippen LogP contribution in [0, 0.1) is 10.6 Å². The molecule has 96 valence electrons. The zero-order valence-corrected chi connectivity index (χ0v) is 12.2. The van der Waals surface area contributed by atoms with Crippen molar-refractivity contribution in [1.82, 2.24) is 9.78 Å². The van der Waals surface area contributed by atoms with Gasteiger partial charge in [-0.3, -0.25) is 4.68 Å². The maximum absolute atomic E-state index is 5.98. The normalized spacial score (nSPS) is 11.1. The third kappa shape index (κ3) is 3.47. The van der Waals surface area contributed by atoms with Crippen molar-refractivity contribution >= 4 is 23.8 Å². The molecule has 0 aliphatic heterocycles. The van der Waals surface area contributed by atoms with Gasteiger partial charge in [0.1, 0.15) is 4.64 Å². The topological polar surface area (TPSA) is 20.7 Å². The lowest BCUT2D eigenvalue weighted by Gasteiger charge is -2.05. The van der Waals surface area contributed by atoms with Crippen LogP contribution in [0.15, 0.2) is 30.3 Å². The first kappa shape index (κ1) is 13.4. The Morgan fingerprint density at radius 1 is 1.33 bits per heavy atom. The summed E-state index contributed by atoms with van der Waals surface area (Å²) in [6.45, 7) is 5.13. The third-order valence-electron chi connectivity index (χ3n) is 2.70.